The zero-order valence-electron chi connectivity index (χ0n) is 12.9. The molecular weight excluding hydrogens is 330 g/mol. The standard InChI is InChI=1S/C16H15N3O4S/c1-21-8-9-23-15-11(4-2-6-17-15)19-14(20)13-10-18-16(24-13)12-5-3-7-22-12/h2-7,10H,8-9H2,1H3,(H,19,20). The molecule has 1 amide bonds. The van der Waals surface area contributed by atoms with Gasteiger partial charge >= 0.3 is 0 Å². The highest BCUT2D eigenvalue weighted by atomic mass is 32.1. The van der Waals surface area contributed by atoms with Gasteiger partial charge in [-0.2, -0.15) is 0 Å². The molecule has 0 aliphatic carbocycles. The van der Waals surface area contributed by atoms with Gasteiger partial charge in [-0.3, -0.25) is 4.79 Å². The molecule has 24 heavy (non-hydrogen) atoms. The molecule has 8 heteroatoms. The van der Waals surface area contributed by atoms with Crippen molar-refractivity contribution in [3.05, 3.63) is 47.8 Å². The molecule has 3 aromatic heterocycles. The lowest BCUT2D eigenvalue weighted by molar-refractivity contribution is 0.102. The van der Waals surface area contributed by atoms with Crippen LogP contribution >= 0.6 is 11.3 Å². The summed E-state index contributed by atoms with van der Waals surface area (Å²) in [5.74, 6) is 0.692. The second-order valence-corrected chi connectivity index (χ2v) is 5.69. The molecule has 0 saturated heterocycles. The summed E-state index contributed by atoms with van der Waals surface area (Å²) >= 11 is 1.25. The van der Waals surface area contributed by atoms with E-state index < -0.39 is 0 Å². The van der Waals surface area contributed by atoms with Crippen molar-refractivity contribution in [2.45, 2.75) is 0 Å². The van der Waals surface area contributed by atoms with E-state index >= 15 is 0 Å². The first-order valence-electron chi connectivity index (χ1n) is 7.15. The van der Waals surface area contributed by atoms with Crippen LogP contribution in [0.15, 0.2) is 47.3 Å². The van der Waals surface area contributed by atoms with Gasteiger partial charge in [0.25, 0.3) is 5.91 Å². The Bertz CT molecular complexity index is 801. The Morgan fingerprint density at radius 2 is 2.21 bits per heavy atom. The topological polar surface area (TPSA) is 86.5 Å². The summed E-state index contributed by atoms with van der Waals surface area (Å²) in [6, 6.07) is 7.01. The molecule has 0 spiro atoms. The largest absolute Gasteiger partial charge is 0.474 e. The van der Waals surface area contributed by atoms with E-state index in [2.05, 4.69) is 15.3 Å². The summed E-state index contributed by atoms with van der Waals surface area (Å²) in [6.45, 7) is 0.783. The number of carbonyl (C=O) groups excluding carboxylic acids is 1. The second-order valence-electron chi connectivity index (χ2n) is 4.66. The predicted molar refractivity (Wildman–Crippen MR) is 89.4 cm³/mol. The zero-order chi connectivity index (χ0) is 16.8. The summed E-state index contributed by atoms with van der Waals surface area (Å²) in [5.41, 5.74) is 0.492. The molecule has 7 nitrogen and oxygen atoms in total. The van der Waals surface area contributed by atoms with Gasteiger partial charge in [0.05, 0.1) is 19.1 Å². The molecule has 0 aromatic carbocycles. The number of ether oxygens (including phenoxy) is 2. The smallest absolute Gasteiger partial charge is 0.267 e. The monoisotopic (exact) mass is 345 g/mol. The number of anilines is 1. The van der Waals surface area contributed by atoms with E-state index in [0.29, 0.717) is 40.4 Å². The minimum absolute atomic E-state index is 0.283. The SMILES string of the molecule is COCCOc1ncccc1NC(=O)c1cnc(-c2ccco2)s1. The Hall–Kier alpha value is -2.71. The average molecular weight is 345 g/mol. The van der Waals surface area contributed by atoms with Gasteiger partial charge in [0.15, 0.2) is 10.8 Å². The number of methoxy groups -OCH3 is 1. The minimum Gasteiger partial charge on any atom is -0.474 e. The van der Waals surface area contributed by atoms with E-state index in [9.17, 15) is 4.79 Å². The van der Waals surface area contributed by atoms with E-state index in [1.54, 1.807) is 43.8 Å². The van der Waals surface area contributed by atoms with Crippen LogP contribution in [0.3, 0.4) is 0 Å². The Morgan fingerprint density at radius 3 is 3.00 bits per heavy atom. The third-order valence-corrected chi connectivity index (χ3v) is 4.02. The third kappa shape index (κ3) is 3.79. The van der Waals surface area contributed by atoms with E-state index in [4.69, 9.17) is 13.9 Å². The molecule has 0 aliphatic rings. The highest BCUT2D eigenvalue weighted by Gasteiger charge is 2.15. The van der Waals surface area contributed by atoms with Crippen molar-refractivity contribution in [3.63, 3.8) is 0 Å². The maximum atomic E-state index is 12.4. The van der Waals surface area contributed by atoms with Crippen LogP contribution in [0.25, 0.3) is 10.8 Å². The Kier molecular flexibility index (Phi) is 5.19. The van der Waals surface area contributed by atoms with Gasteiger partial charge < -0.3 is 19.2 Å². The van der Waals surface area contributed by atoms with E-state index in [0.717, 1.165) is 0 Å². The number of rotatable bonds is 7. The third-order valence-electron chi connectivity index (χ3n) is 3.01. The number of thiazole rings is 1. The molecule has 0 saturated carbocycles. The molecule has 0 bridgehead atoms. The first-order valence-corrected chi connectivity index (χ1v) is 7.97. The van der Waals surface area contributed by atoms with Gasteiger partial charge in [0.2, 0.25) is 5.88 Å². The van der Waals surface area contributed by atoms with Crippen molar-refractivity contribution in [3.8, 4) is 16.6 Å². The van der Waals surface area contributed by atoms with Crippen LogP contribution in [-0.4, -0.2) is 36.2 Å². The first kappa shape index (κ1) is 16.2. The summed E-state index contributed by atoms with van der Waals surface area (Å²) in [5, 5.41) is 3.43. The highest BCUT2D eigenvalue weighted by Crippen LogP contribution is 2.27. The summed E-state index contributed by atoms with van der Waals surface area (Å²) < 4.78 is 15.7. The molecule has 3 rings (SSSR count). The van der Waals surface area contributed by atoms with Crippen LogP contribution in [0.5, 0.6) is 5.88 Å². The number of aromatic nitrogens is 2. The zero-order valence-corrected chi connectivity index (χ0v) is 13.7. The number of nitrogens with one attached hydrogen (secondary N) is 1. The number of pyridine rings is 1. The van der Waals surface area contributed by atoms with Gasteiger partial charge in [-0.25, -0.2) is 9.97 Å². The maximum Gasteiger partial charge on any atom is 0.267 e. The molecule has 0 radical (unpaired) electrons. The van der Waals surface area contributed by atoms with Crippen LogP contribution < -0.4 is 10.1 Å². The highest BCUT2D eigenvalue weighted by molar-refractivity contribution is 7.17. The van der Waals surface area contributed by atoms with Gasteiger partial charge in [0, 0.05) is 13.3 Å². The number of furan rings is 1. The fourth-order valence-corrected chi connectivity index (χ4v) is 2.68. The number of carbonyl (C=O) groups is 1. The Morgan fingerprint density at radius 1 is 1.29 bits per heavy atom. The Balaban J connectivity index is 1.71. The quantitative estimate of drug-likeness (QED) is 0.662. The lowest BCUT2D eigenvalue weighted by Crippen LogP contribution is -2.13. The van der Waals surface area contributed by atoms with Crippen molar-refractivity contribution < 1.29 is 18.7 Å². The summed E-state index contributed by atoms with van der Waals surface area (Å²) in [6.07, 6.45) is 4.68. The van der Waals surface area contributed by atoms with Crippen molar-refractivity contribution in [1.29, 1.82) is 0 Å². The molecular formula is C16H15N3O4S. The molecule has 3 aromatic rings. The van der Waals surface area contributed by atoms with E-state index in [1.807, 2.05) is 0 Å². The normalized spacial score (nSPS) is 10.5. The molecule has 0 unspecified atom stereocenters. The summed E-state index contributed by atoms with van der Waals surface area (Å²) in [7, 11) is 1.59. The van der Waals surface area contributed by atoms with E-state index in [1.165, 1.54) is 17.5 Å². The van der Waals surface area contributed by atoms with Crippen LogP contribution in [0, 0.1) is 0 Å². The lowest BCUT2D eigenvalue weighted by Gasteiger charge is -2.10. The fourth-order valence-electron chi connectivity index (χ4n) is 1.90. The lowest BCUT2D eigenvalue weighted by atomic mass is 10.4. The van der Waals surface area contributed by atoms with Crippen molar-refractivity contribution in [1.82, 2.24) is 9.97 Å². The van der Waals surface area contributed by atoms with Crippen LogP contribution in [0.2, 0.25) is 0 Å². The first-order chi connectivity index (χ1) is 11.8. The number of hydrogen-bond donors (Lipinski definition) is 1. The van der Waals surface area contributed by atoms with Gasteiger partial charge in [-0.05, 0) is 24.3 Å². The predicted octanol–water partition coefficient (Wildman–Crippen LogP) is 3.08. The van der Waals surface area contributed by atoms with E-state index in [-0.39, 0.29) is 5.91 Å². The molecule has 124 valence electrons. The molecule has 0 atom stereocenters. The number of amides is 1. The molecule has 0 fully saturated rings. The van der Waals surface area contributed by atoms with Gasteiger partial charge in [0.1, 0.15) is 17.2 Å². The maximum absolute atomic E-state index is 12.4. The summed E-state index contributed by atoms with van der Waals surface area (Å²) in [4.78, 5) is 21.2. The van der Waals surface area contributed by atoms with Crippen LogP contribution in [0.4, 0.5) is 5.69 Å². The number of nitrogens with zero attached hydrogens (tertiary/aromatic N) is 2. The number of hydrogen-bond acceptors (Lipinski definition) is 7. The molecule has 3 heterocycles. The van der Waals surface area contributed by atoms with Gasteiger partial charge in [-0.15, -0.1) is 11.3 Å². The minimum atomic E-state index is -0.283. The van der Waals surface area contributed by atoms with Crippen LogP contribution in [0.1, 0.15) is 9.67 Å². The van der Waals surface area contributed by atoms with Crippen LogP contribution in [-0.2, 0) is 4.74 Å². The molecule has 1 N–H and O–H groups in total. The Labute approximate surface area is 142 Å². The second kappa shape index (κ2) is 7.71. The van der Waals surface area contributed by atoms with Gasteiger partial charge in [-0.1, -0.05) is 0 Å². The van der Waals surface area contributed by atoms with Crippen molar-refractivity contribution in [2.75, 3.05) is 25.6 Å². The van der Waals surface area contributed by atoms with Crippen molar-refractivity contribution >= 4 is 22.9 Å². The average Bonchev–Trinajstić information content (AvgIpc) is 3.28. The molecule has 0 aliphatic heterocycles. The van der Waals surface area contributed by atoms with Crippen molar-refractivity contribution in [2.24, 2.45) is 0 Å². The fraction of sp³-hybridized carbons (Fsp3) is 0.188.